The number of anilines is 1. The highest BCUT2D eigenvalue weighted by molar-refractivity contribution is 9.11. The van der Waals surface area contributed by atoms with Crippen LogP contribution in [-0.2, 0) is 0 Å². The van der Waals surface area contributed by atoms with Crippen LogP contribution in [0.2, 0.25) is 0 Å². The van der Waals surface area contributed by atoms with E-state index in [1.165, 1.54) is 11.3 Å². The number of thiazole rings is 1. The first-order valence-corrected chi connectivity index (χ1v) is 7.21. The minimum Gasteiger partial charge on any atom is -0.298 e. The summed E-state index contributed by atoms with van der Waals surface area (Å²) in [7, 11) is 0. The summed E-state index contributed by atoms with van der Waals surface area (Å²) in [5.74, 6) is -0.165. The Morgan fingerprint density at radius 3 is 2.47 bits per heavy atom. The molecule has 1 N–H and O–H groups in total. The molecule has 1 heterocycles. The second-order valence-electron chi connectivity index (χ2n) is 3.41. The average molecular weight is 376 g/mol. The van der Waals surface area contributed by atoms with Gasteiger partial charge in [-0.1, -0.05) is 31.9 Å². The molecule has 6 heteroatoms. The van der Waals surface area contributed by atoms with Crippen LogP contribution in [0.25, 0.3) is 0 Å². The first-order valence-electron chi connectivity index (χ1n) is 4.74. The molecule has 0 saturated carbocycles. The monoisotopic (exact) mass is 374 g/mol. The quantitative estimate of drug-likeness (QED) is 0.853. The lowest BCUT2D eigenvalue weighted by Crippen LogP contribution is -2.11. The van der Waals surface area contributed by atoms with Crippen molar-refractivity contribution in [3.63, 3.8) is 0 Å². The molecule has 0 spiro atoms. The van der Waals surface area contributed by atoms with Gasteiger partial charge in [-0.2, -0.15) is 0 Å². The van der Waals surface area contributed by atoms with Gasteiger partial charge in [0, 0.05) is 19.9 Å². The topological polar surface area (TPSA) is 42.0 Å². The second kappa shape index (κ2) is 5.29. The Morgan fingerprint density at radius 2 is 1.94 bits per heavy atom. The molecule has 2 aromatic rings. The number of hydrogen-bond acceptors (Lipinski definition) is 3. The van der Waals surface area contributed by atoms with Gasteiger partial charge in [0.2, 0.25) is 0 Å². The summed E-state index contributed by atoms with van der Waals surface area (Å²) in [5.41, 5.74) is 1.49. The van der Waals surface area contributed by atoms with E-state index in [2.05, 4.69) is 42.2 Å². The Kier molecular flexibility index (Phi) is 3.96. The van der Waals surface area contributed by atoms with Crippen LogP contribution < -0.4 is 5.32 Å². The van der Waals surface area contributed by atoms with E-state index in [4.69, 9.17) is 0 Å². The minimum atomic E-state index is -0.165. The molecule has 0 aliphatic rings. The SMILES string of the molecule is Cc1csc(NC(=O)c2cc(Br)cc(Br)c2)n1. The highest BCUT2D eigenvalue weighted by atomic mass is 79.9. The molecule has 0 radical (unpaired) electrons. The largest absolute Gasteiger partial charge is 0.298 e. The molecule has 17 heavy (non-hydrogen) atoms. The van der Waals surface area contributed by atoms with E-state index < -0.39 is 0 Å². The van der Waals surface area contributed by atoms with E-state index >= 15 is 0 Å². The van der Waals surface area contributed by atoms with Crippen molar-refractivity contribution in [2.75, 3.05) is 5.32 Å². The number of amides is 1. The molecule has 88 valence electrons. The lowest BCUT2D eigenvalue weighted by molar-refractivity contribution is 0.102. The number of hydrogen-bond donors (Lipinski definition) is 1. The van der Waals surface area contributed by atoms with Crippen molar-refractivity contribution >= 4 is 54.2 Å². The van der Waals surface area contributed by atoms with E-state index in [1.807, 2.05) is 18.4 Å². The molecular formula is C11H8Br2N2OS. The van der Waals surface area contributed by atoms with Gasteiger partial charge in [-0.15, -0.1) is 11.3 Å². The molecule has 0 aliphatic heterocycles. The number of nitrogens with zero attached hydrogens (tertiary/aromatic N) is 1. The molecule has 0 aliphatic carbocycles. The van der Waals surface area contributed by atoms with Crippen molar-refractivity contribution in [2.24, 2.45) is 0 Å². The first kappa shape index (κ1) is 12.7. The normalized spacial score (nSPS) is 10.3. The van der Waals surface area contributed by atoms with Gasteiger partial charge in [0.25, 0.3) is 5.91 Å². The van der Waals surface area contributed by atoms with Gasteiger partial charge in [-0.25, -0.2) is 4.98 Å². The Bertz CT molecular complexity index is 548. The zero-order valence-corrected chi connectivity index (χ0v) is 12.8. The second-order valence-corrected chi connectivity index (χ2v) is 6.10. The standard InChI is InChI=1S/C11H8Br2N2OS/c1-6-5-17-11(14-6)15-10(16)7-2-8(12)4-9(13)3-7/h2-5H,1H3,(H,14,15,16). The molecule has 1 aromatic heterocycles. The van der Waals surface area contributed by atoms with E-state index in [0.29, 0.717) is 10.7 Å². The van der Waals surface area contributed by atoms with Crippen LogP contribution in [0.4, 0.5) is 5.13 Å². The predicted octanol–water partition coefficient (Wildman–Crippen LogP) is 4.23. The lowest BCUT2D eigenvalue weighted by Gasteiger charge is -2.03. The molecule has 0 bridgehead atoms. The van der Waals surface area contributed by atoms with Gasteiger partial charge in [0.15, 0.2) is 5.13 Å². The molecule has 0 saturated heterocycles. The fourth-order valence-corrected chi connectivity index (χ4v) is 3.24. The summed E-state index contributed by atoms with van der Waals surface area (Å²) in [4.78, 5) is 16.1. The van der Waals surface area contributed by atoms with Crippen LogP contribution >= 0.6 is 43.2 Å². The van der Waals surface area contributed by atoms with Crippen molar-refractivity contribution in [3.8, 4) is 0 Å². The molecule has 2 rings (SSSR count). The molecule has 0 unspecified atom stereocenters. The van der Waals surface area contributed by atoms with Crippen molar-refractivity contribution in [3.05, 3.63) is 43.8 Å². The van der Waals surface area contributed by atoms with Crippen LogP contribution in [0.3, 0.4) is 0 Å². The van der Waals surface area contributed by atoms with Crippen LogP contribution in [0.5, 0.6) is 0 Å². The molecule has 0 fully saturated rings. The van der Waals surface area contributed by atoms with Crippen LogP contribution in [-0.4, -0.2) is 10.9 Å². The maximum Gasteiger partial charge on any atom is 0.257 e. The fourth-order valence-electron chi connectivity index (χ4n) is 1.27. The smallest absolute Gasteiger partial charge is 0.257 e. The maximum atomic E-state index is 11.9. The van der Waals surface area contributed by atoms with Crippen molar-refractivity contribution < 1.29 is 4.79 Å². The third-order valence-corrected chi connectivity index (χ3v) is 3.76. The Morgan fingerprint density at radius 1 is 1.29 bits per heavy atom. The number of rotatable bonds is 2. The predicted molar refractivity (Wildman–Crippen MR) is 76.6 cm³/mol. The average Bonchev–Trinajstić information content (AvgIpc) is 2.62. The number of aromatic nitrogens is 1. The molecular weight excluding hydrogens is 368 g/mol. The minimum absolute atomic E-state index is 0.165. The summed E-state index contributed by atoms with van der Waals surface area (Å²) < 4.78 is 1.71. The van der Waals surface area contributed by atoms with Gasteiger partial charge in [-0.05, 0) is 25.1 Å². The first-order chi connectivity index (χ1) is 8.04. The summed E-state index contributed by atoms with van der Waals surface area (Å²) >= 11 is 8.11. The molecule has 0 atom stereocenters. The zero-order valence-electron chi connectivity index (χ0n) is 8.83. The summed E-state index contributed by atoms with van der Waals surface area (Å²) in [6.07, 6.45) is 0. The third-order valence-electron chi connectivity index (χ3n) is 1.96. The number of carbonyl (C=O) groups is 1. The van der Waals surface area contributed by atoms with Gasteiger partial charge in [-0.3, -0.25) is 10.1 Å². The number of aryl methyl sites for hydroxylation is 1. The van der Waals surface area contributed by atoms with E-state index in [-0.39, 0.29) is 5.91 Å². The lowest BCUT2D eigenvalue weighted by atomic mass is 10.2. The molecule has 1 amide bonds. The van der Waals surface area contributed by atoms with Gasteiger partial charge in [0.05, 0.1) is 5.69 Å². The Balaban J connectivity index is 2.19. The highest BCUT2D eigenvalue weighted by Gasteiger charge is 2.09. The maximum absolute atomic E-state index is 11.9. The summed E-state index contributed by atoms with van der Waals surface area (Å²) in [5, 5.41) is 5.27. The summed E-state index contributed by atoms with van der Waals surface area (Å²) in [6.45, 7) is 1.89. The number of nitrogens with one attached hydrogen (secondary N) is 1. The van der Waals surface area contributed by atoms with Crippen molar-refractivity contribution in [1.29, 1.82) is 0 Å². The zero-order chi connectivity index (χ0) is 12.4. The Hall–Kier alpha value is -0.720. The Labute approximate surface area is 120 Å². The molecule has 3 nitrogen and oxygen atoms in total. The van der Waals surface area contributed by atoms with Gasteiger partial charge in [0.1, 0.15) is 0 Å². The van der Waals surface area contributed by atoms with Crippen molar-refractivity contribution in [1.82, 2.24) is 4.98 Å². The van der Waals surface area contributed by atoms with E-state index in [0.717, 1.165) is 14.6 Å². The number of halogens is 2. The van der Waals surface area contributed by atoms with Gasteiger partial charge >= 0.3 is 0 Å². The highest BCUT2D eigenvalue weighted by Crippen LogP contribution is 2.21. The summed E-state index contributed by atoms with van der Waals surface area (Å²) in [6, 6.07) is 5.41. The van der Waals surface area contributed by atoms with Crippen molar-refractivity contribution in [2.45, 2.75) is 6.92 Å². The van der Waals surface area contributed by atoms with Crippen LogP contribution in [0, 0.1) is 6.92 Å². The van der Waals surface area contributed by atoms with Crippen LogP contribution in [0.1, 0.15) is 16.1 Å². The molecule has 1 aromatic carbocycles. The van der Waals surface area contributed by atoms with Crippen LogP contribution in [0.15, 0.2) is 32.5 Å². The van der Waals surface area contributed by atoms with Gasteiger partial charge < -0.3 is 0 Å². The fraction of sp³-hybridized carbons (Fsp3) is 0.0909. The van der Waals surface area contributed by atoms with E-state index in [1.54, 1.807) is 12.1 Å². The number of benzene rings is 1. The number of carbonyl (C=O) groups excluding carboxylic acids is 1. The third kappa shape index (κ3) is 3.37. The van der Waals surface area contributed by atoms with E-state index in [9.17, 15) is 4.79 Å².